The van der Waals surface area contributed by atoms with Crippen LogP contribution in [0.5, 0.6) is 0 Å². The van der Waals surface area contributed by atoms with E-state index in [9.17, 15) is 0 Å². The van der Waals surface area contributed by atoms with Gasteiger partial charge in [-0.15, -0.1) is 0 Å². The van der Waals surface area contributed by atoms with Crippen molar-refractivity contribution in [1.29, 1.82) is 0 Å². The third kappa shape index (κ3) is 2.88. The third-order valence-electron chi connectivity index (χ3n) is 4.03. The fourth-order valence-electron chi connectivity index (χ4n) is 2.77. The number of aryl methyl sites for hydroxylation is 1. The van der Waals surface area contributed by atoms with Crippen LogP contribution in [-0.4, -0.2) is 4.98 Å². The molecule has 0 aliphatic rings. The van der Waals surface area contributed by atoms with Crippen molar-refractivity contribution in [2.75, 3.05) is 5.32 Å². The molecule has 0 aliphatic carbocycles. The quantitative estimate of drug-likeness (QED) is 0.547. The maximum absolute atomic E-state index is 5.95. The van der Waals surface area contributed by atoms with E-state index in [0.29, 0.717) is 5.89 Å². The van der Waals surface area contributed by atoms with Gasteiger partial charge >= 0.3 is 0 Å². The lowest BCUT2D eigenvalue weighted by Gasteiger charge is -2.09. The molecule has 0 spiro atoms. The largest absolute Gasteiger partial charge is 0.436 e. The Morgan fingerprint density at radius 2 is 1.71 bits per heavy atom. The summed E-state index contributed by atoms with van der Waals surface area (Å²) >= 11 is 0. The Kier molecular flexibility index (Phi) is 3.75. The van der Waals surface area contributed by atoms with Crippen molar-refractivity contribution in [3.63, 3.8) is 0 Å². The van der Waals surface area contributed by atoms with Crippen LogP contribution < -0.4 is 5.32 Å². The molecule has 0 bridgehead atoms. The number of aromatic nitrogens is 1. The summed E-state index contributed by atoms with van der Waals surface area (Å²) in [6, 6.07) is 24.5. The highest BCUT2D eigenvalue weighted by atomic mass is 16.3. The molecule has 0 fully saturated rings. The smallest absolute Gasteiger partial charge is 0.229 e. The van der Waals surface area contributed by atoms with Gasteiger partial charge in [-0.1, -0.05) is 48.5 Å². The van der Waals surface area contributed by atoms with Gasteiger partial charge in [0.15, 0.2) is 5.58 Å². The molecule has 0 saturated heterocycles. The fourth-order valence-corrected chi connectivity index (χ4v) is 2.77. The normalized spacial score (nSPS) is 10.9. The number of fused-ring (bicyclic) bond motifs is 1. The van der Waals surface area contributed by atoms with Gasteiger partial charge in [0, 0.05) is 12.2 Å². The molecule has 0 radical (unpaired) electrons. The summed E-state index contributed by atoms with van der Waals surface area (Å²) in [4.78, 5) is 4.65. The Hall–Kier alpha value is -3.07. The van der Waals surface area contributed by atoms with Gasteiger partial charge in [-0.3, -0.25) is 0 Å². The van der Waals surface area contributed by atoms with Crippen molar-refractivity contribution in [3.05, 3.63) is 83.9 Å². The first kappa shape index (κ1) is 14.5. The second kappa shape index (κ2) is 6.20. The average Bonchev–Trinajstić information content (AvgIpc) is 3.04. The first-order chi connectivity index (χ1) is 11.8. The van der Waals surface area contributed by atoms with Crippen molar-refractivity contribution < 1.29 is 4.42 Å². The van der Waals surface area contributed by atoms with Crippen LogP contribution in [-0.2, 0) is 6.54 Å². The fraction of sp³-hybridized carbons (Fsp3) is 0.0952. The molecule has 0 saturated carbocycles. The zero-order chi connectivity index (χ0) is 16.4. The lowest BCUT2D eigenvalue weighted by molar-refractivity contribution is 0.620. The number of rotatable bonds is 4. The predicted molar refractivity (Wildman–Crippen MR) is 98.0 cm³/mol. The summed E-state index contributed by atoms with van der Waals surface area (Å²) in [7, 11) is 0. The molecule has 0 unspecified atom stereocenters. The summed E-state index contributed by atoms with van der Waals surface area (Å²) in [5.74, 6) is 0.645. The minimum atomic E-state index is 0.645. The van der Waals surface area contributed by atoms with Crippen molar-refractivity contribution in [2.24, 2.45) is 0 Å². The number of oxazole rings is 1. The first-order valence-corrected chi connectivity index (χ1v) is 8.04. The molecule has 0 amide bonds. The zero-order valence-electron chi connectivity index (χ0n) is 13.5. The van der Waals surface area contributed by atoms with E-state index in [-0.39, 0.29) is 0 Å². The highest BCUT2D eigenvalue weighted by molar-refractivity contribution is 5.80. The molecule has 1 heterocycles. The lowest BCUT2D eigenvalue weighted by atomic mass is 10.1. The maximum Gasteiger partial charge on any atom is 0.229 e. The molecule has 1 N–H and O–H groups in total. The van der Waals surface area contributed by atoms with Crippen LogP contribution in [0.3, 0.4) is 0 Å². The molecule has 0 atom stereocenters. The molecule has 0 aliphatic heterocycles. The number of nitrogens with zero attached hydrogens (tertiary/aromatic N) is 1. The van der Waals surface area contributed by atoms with E-state index >= 15 is 0 Å². The summed E-state index contributed by atoms with van der Waals surface area (Å²) in [6.45, 7) is 2.82. The Bertz CT molecular complexity index is 973. The zero-order valence-corrected chi connectivity index (χ0v) is 13.5. The number of hydrogen-bond donors (Lipinski definition) is 1. The first-order valence-electron chi connectivity index (χ1n) is 8.04. The molecule has 1 aromatic heterocycles. The van der Waals surface area contributed by atoms with Crippen LogP contribution in [0.4, 0.5) is 5.69 Å². The Balaban J connectivity index is 1.67. The molecule has 4 aromatic rings. The minimum Gasteiger partial charge on any atom is -0.436 e. The highest BCUT2D eigenvalue weighted by Crippen LogP contribution is 2.30. The third-order valence-corrected chi connectivity index (χ3v) is 4.03. The topological polar surface area (TPSA) is 38.1 Å². The van der Waals surface area contributed by atoms with Crippen LogP contribution in [0.15, 0.2) is 77.2 Å². The van der Waals surface area contributed by atoms with Gasteiger partial charge in [-0.2, -0.15) is 0 Å². The van der Waals surface area contributed by atoms with Crippen LogP contribution in [0.2, 0.25) is 0 Å². The number of nitrogens with one attached hydrogen (secondary N) is 1. The summed E-state index contributed by atoms with van der Waals surface area (Å²) in [6.07, 6.45) is 0. The molecule has 3 aromatic carbocycles. The van der Waals surface area contributed by atoms with E-state index in [2.05, 4.69) is 35.4 Å². The highest BCUT2D eigenvalue weighted by Gasteiger charge is 2.12. The number of para-hydroxylation sites is 1. The predicted octanol–water partition coefficient (Wildman–Crippen LogP) is 5.42. The summed E-state index contributed by atoms with van der Waals surface area (Å²) in [5, 5.41) is 3.48. The minimum absolute atomic E-state index is 0.645. The number of benzene rings is 3. The van der Waals surface area contributed by atoms with Gasteiger partial charge in [0.1, 0.15) is 5.52 Å². The molecular formula is C21H18N2O. The van der Waals surface area contributed by atoms with Gasteiger partial charge in [0.2, 0.25) is 5.89 Å². The van der Waals surface area contributed by atoms with Gasteiger partial charge in [0.25, 0.3) is 0 Å². The van der Waals surface area contributed by atoms with Crippen molar-refractivity contribution in [3.8, 4) is 11.5 Å². The Morgan fingerprint density at radius 1 is 0.917 bits per heavy atom. The van der Waals surface area contributed by atoms with Gasteiger partial charge < -0.3 is 9.73 Å². The van der Waals surface area contributed by atoms with E-state index in [4.69, 9.17) is 4.42 Å². The monoisotopic (exact) mass is 314 g/mol. The van der Waals surface area contributed by atoms with Crippen LogP contribution in [0, 0.1) is 6.92 Å². The SMILES string of the molecule is Cc1ccc2oc(-c3ccccc3NCc3ccccc3)nc2c1. The van der Waals surface area contributed by atoms with E-state index < -0.39 is 0 Å². The van der Waals surface area contributed by atoms with Crippen molar-refractivity contribution >= 4 is 16.8 Å². The van der Waals surface area contributed by atoms with Crippen molar-refractivity contribution in [1.82, 2.24) is 4.98 Å². The van der Waals surface area contributed by atoms with Gasteiger partial charge in [-0.05, 0) is 42.3 Å². The Labute approximate surface area is 141 Å². The average molecular weight is 314 g/mol. The molecule has 118 valence electrons. The van der Waals surface area contributed by atoms with E-state index in [1.165, 1.54) is 11.1 Å². The summed E-state index contributed by atoms with van der Waals surface area (Å²) in [5.41, 5.74) is 6.11. The standard InChI is InChI=1S/C21H18N2O/c1-15-11-12-20-19(13-15)23-21(24-20)17-9-5-6-10-18(17)22-14-16-7-3-2-4-8-16/h2-13,22H,14H2,1H3. The lowest BCUT2D eigenvalue weighted by Crippen LogP contribution is -2.00. The van der Waals surface area contributed by atoms with E-state index in [1.807, 2.05) is 54.6 Å². The van der Waals surface area contributed by atoms with Crippen LogP contribution >= 0.6 is 0 Å². The maximum atomic E-state index is 5.95. The summed E-state index contributed by atoms with van der Waals surface area (Å²) < 4.78 is 5.95. The number of hydrogen-bond acceptors (Lipinski definition) is 3. The van der Waals surface area contributed by atoms with Crippen molar-refractivity contribution in [2.45, 2.75) is 13.5 Å². The molecule has 4 rings (SSSR count). The molecule has 24 heavy (non-hydrogen) atoms. The molecule has 3 nitrogen and oxygen atoms in total. The van der Waals surface area contributed by atoms with Gasteiger partial charge in [-0.25, -0.2) is 4.98 Å². The Morgan fingerprint density at radius 3 is 2.58 bits per heavy atom. The number of anilines is 1. The molecule has 3 heteroatoms. The van der Waals surface area contributed by atoms with E-state index in [1.54, 1.807) is 0 Å². The van der Waals surface area contributed by atoms with Crippen LogP contribution in [0.1, 0.15) is 11.1 Å². The second-order valence-electron chi connectivity index (χ2n) is 5.87. The van der Waals surface area contributed by atoms with Crippen LogP contribution in [0.25, 0.3) is 22.6 Å². The second-order valence-corrected chi connectivity index (χ2v) is 5.87. The van der Waals surface area contributed by atoms with Gasteiger partial charge in [0.05, 0.1) is 5.56 Å². The van der Waals surface area contributed by atoms with E-state index in [0.717, 1.165) is 28.9 Å². The molecular weight excluding hydrogens is 296 g/mol.